The monoisotopic (exact) mass is 287 g/mol. The number of amides is 4. The molecular weight excluding hydrogens is 270 g/mol. The van der Waals surface area contributed by atoms with Crippen LogP contribution in [0.15, 0.2) is 30.3 Å². The van der Waals surface area contributed by atoms with E-state index in [1.165, 1.54) is 0 Å². The van der Waals surface area contributed by atoms with E-state index in [0.717, 1.165) is 23.3 Å². The van der Waals surface area contributed by atoms with Gasteiger partial charge >= 0.3 is 6.03 Å². The van der Waals surface area contributed by atoms with Crippen LogP contribution in [0.3, 0.4) is 0 Å². The van der Waals surface area contributed by atoms with Crippen LogP contribution in [0.25, 0.3) is 0 Å². The number of rotatable bonds is 5. The average molecular weight is 287 g/mol. The Morgan fingerprint density at radius 2 is 1.90 bits per heavy atom. The highest BCUT2D eigenvalue weighted by atomic mass is 16.2. The molecule has 1 aliphatic heterocycles. The second-order valence-electron chi connectivity index (χ2n) is 5.38. The van der Waals surface area contributed by atoms with Gasteiger partial charge in [-0.1, -0.05) is 30.3 Å². The van der Waals surface area contributed by atoms with Gasteiger partial charge < -0.3 is 10.2 Å². The molecule has 1 saturated heterocycles. The lowest BCUT2D eigenvalue weighted by atomic mass is 10.2. The SMILES string of the molecule is O=C(CN1C(=O)CN(C2CC2)C1=O)NCc1ccccc1. The van der Waals surface area contributed by atoms with Crippen LogP contribution in [0.4, 0.5) is 4.79 Å². The molecule has 4 amide bonds. The highest BCUT2D eigenvalue weighted by Gasteiger charge is 2.44. The molecule has 0 spiro atoms. The minimum atomic E-state index is -0.336. The molecule has 1 heterocycles. The summed E-state index contributed by atoms with van der Waals surface area (Å²) in [6, 6.07) is 9.35. The zero-order chi connectivity index (χ0) is 14.8. The molecule has 3 rings (SSSR count). The van der Waals surface area contributed by atoms with E-state index in [9.17, 15) is 14.4 Å². The Morgan fingerprint density at radius 1 is 1.19 bits per heavy atom. The van der Waals surface area contributed by atoms with Crippen molar-refractivity contribution in [1.29, 1.82) is 0 Å². The lowest BCUT2D eigenvalue weighted by Crippen LogP contribution is -2.41. The van der Waals surface area contributed by atoms with Crippen molar-refractivity contribution in [3.63, 3.8) is 0 Å². The molecule has 6 heteroatoms. The number of carbonyl (C=O) groups is 3. The van der Waals surface area contributed by atoms with E-state index >= 15 is 0 Å². The Kier molecular flexibility index (Phi) is 3.60. The van der Waals surface area contributed by atoms with Gasteiger partial charge in [-0.05, 0) is 18.4 Å². The molecule has 1 saturated carbocycles. The molecule has 6 nitrogen and oxygen atoms in total. The van der Waals surface area contributed by atoms with Crippen LogP contribution in [0, 0.1) is 0 Å². The summed E-state index contributed by atoms with van der Waals surface area (Å²) in [5.74, 6) is -0.611. The number of imide groups is 1. The normalized spacial score (nSPS) is 18.3. The molecule has 2 aliphatic rings. The number of carbonyl (C=O) groups excluding carboxylic acids is 3. The average Bonchev–Trinajstić information content (AvgIpc) is 3.29. The standard InChI is InChI=1S/C15H17N3O3/c19-13(16-8-11-4-2-1-3-5-11)9-18-14(20)10-17(15(18)21)12-6-7-12/h1-5,12H,6-10H2,(H,16,19). The zero-order valence-corrected chi connectivity index (χ0v) is 11.6. The lowest BCUT2D eigenvalue weighted by molar-refractivity contribution is -0.130. The summed E-state index contributed by atoms with van der Waals surface area (Å²) < 4.78 is 0. The molecule has 21 heavy (non-hydrogen) atoms. The molecule has 2 fully saturated rings. The summed E-state index contributed by atoms with van der Waals surface area (Å²) in [6.45, 7) is 0.297. The minimum Gasteiger partial charge on any atom is -0.350 e. The van der Waals surface area contributed by atoms with Gasteiger partial charge in [0.15, 0.2) is 0 Å². The van der Waals surface area contributed by atoms with Crippen molar-refractivity contribution in [2.24, 2.45) is 0 Å². The summed E-state index contributed by atoms with van der Waals surface area (Å²) in [4.78, 5) is 38.4. The Bertz CT molecular complexity index is 569. The van der Waals surface area contributed by atoms with E-state index in [-0.39, 0.29) is 37.0 Å². The topological polar surface area (TPSA) is 69.7 Å². The summed E-state index contributed by atoms with van der Waals surface area (Å²) in [5.41, 5.74) is 0.976. The quantitative estimate of drug-likeness (QED) is 0.812. The smallest absolute Gasteiger partial charge is 0.327 e. The maximum absolute atomic E-state index is 12.1. The molecule has 0 unspecified atom stereocenters. The molecule has 0 aromatic heterocycles. The second-order valence-corrected chi connectivity index (χ2v) is 5.38. The number of urea groups is 1. The van der Waals surface area contributed by atoms with Crippen molar-refractivity contribution in [2.75, 3.05) is 13.1 Å². The summed E-state index contributed by atoms with van der Waals surface area (Å²) >= 11 is 0. The first-order valence-corrected chi connectivity index (χ1v) is 7.07. The number of nitrogens with one attached hydrogen (secondary N) is 1. The zero-order valence-electron chi connectivity index (χ0n) is 11.6. The van der Waals surface area contributed by atoms with E-state index < -0.39 is 0 Å². The molecule has 1 N–H and O–H groups in total. The predicted molar refractivity (Wildman–Crippen MR) is 75.1 cm³/mol. The highest BCUT2D eigenvalue weighted by molar-refractivity contribution is 6.04. The van der Waals surface area contributed by atoms with Crippen LogP contribution in [0.1, 0.15) is 18.4 Å². The van der Waals surface area contributed by atoms with Crippen LogP contribution in [-0.2, 0) is 16.1 Å². The summed E-state index contributed by atoms with van der Waals surface area (Å²) in [7, 11) is 0. The molecule has 1 aliphatic carbocycles. The van der Waals surface area contributed by atoms with Crippen molar-refractivity contribution < 1.29 is 14.4 Å². The van der Waals surface area contributed by atoms with Gasteiger partial charge in [0, 0.05) is 12.6 Å². The first-order chi connectivity index (χ1) is 10.1. The number of hydrogen-bond donors (Lipinski definition) is 1. The third-order valence-corrected chi connectivity index (χ3v) is 3.71. The Labute approximate surface area is 122 Å². The van der Waals surface area contributed by atoms with Crippen molar-refractivity contribution in [3.8, 4) is 0 Å². The highest BCUT2D eigenvalue weighted by Crippen LogP contribution is 2.30. The third kappa shape index (κ3) is 3.04. The van der Waals surface area contributed by atoms with E-state index in [1.54, 1.807) is 4.90 Å². The molecule has 0 radical (unpaired) electrons. The molecule has 0 bridgehead atoms. The Morgan fingerprint density at radius 3 is 2.57 bits per heavy atom. The second kappa shape index (κ2) is 5.55. The van der Waals surface area contributed by atoms with E-state index in [4.69, 9.17) is 0 Å². The van der Waals surface area contributed by atoms with Crippen molar-refractivity contribution in [2.45, 2.75) is 25.4 Å². The van der Waals surface area contributed by atoms with Crippen LogP contribution in [0.2, 0.25) is 0 Å². The van der Waals surface area contributed by atoms with E-state index in [1.807, 2.05) is 30.3 Å². The fourth-order valence-electron chi connectivity index (χ4n) is 2.38. The van der Waals surface area contributed by atoms with Gasteiger partial charge in [-0.15, -0.1) is 0 Å². The molecular formula is C15H17N3O3. The molecule has 110 valence electrons. The molecule has 1 aromatic carbocycles. The fourth-order valence-corrected chi connectivity index (χ4v) is 2.38. The van der Waals surface area contributed by atoms with Gasteiger partial charge in [-0.2, -0.15) is 0 Å². The van der Waals surface area contributed by atoms with Gasteiger partial charge in [0.25, 0.3) is 5.91 Å². The van der Waals surface area contributed by atoms with Gasteiger partial charge in [0.05, 0.1) is 0 Å². The fraction of sp³-hybridized carbons (Fsp3) is 0.400. The third-order valence-electron chi connectivity index (χ3n) is 3.71. The first kappa shape index (κ1) is 13.6. The predicted octanol–water partition coefficient (Wildman–Crippen LogP) is 0.729. The van der Waals surface area contributed by atoms with Gasteiger partial charge in [-0.3, -0.25) is 14.5 Å². The van der Waals surface area contributed by atoms with Gasteiger partial charge in [-0.25, -0.2) is 4.79 Å². The first-order valence-electron chi connectivity index (χ1n) is 7.07. The van der Waals surface area contributed by atoms with E-state index in [0.29, 0.717) is 6.54 Å². The minimum absolute atomic E-state index is 0.107. The van der Waals surface area contributed by atoms with Crippen LogP contribution < -0.4 is 5.32 Å². The Balaban J connectivity index is 1.52. The Hall–Kier alpha value is -2.37. The molecule has 0 atom stereocenters. The van der Waals surface area contributed by atoms with Crippen LogP contribution in [-0.4, -0.2) is 46.8 Å². The molecule has 1 aromatic rings. The maximum atomic E-state index is 12.1. The number of hydrogen-bond acceptors (Lipinski definition) is 3. The maximum Gasteiger partial charge on any atom is 0.327 e. The largest absolute Gasteiger partial charge is 0.350 e. The van der Waals surface area contributed by atoms with E-state index in [2.05, 4.69) is 5.32 Å². The van der Waals surface area contributed by atoms with Crippen LogP contribution >= 0.6 is 0 Å². The number of benzene rings is 1. The number of nitrogens with zero attached hydrogens (tertiary/aromatic N) is 2. The lowest BCUT2D eigenvalue weighted by Gasteiger charge is -2.16. The van der Waals surface area contributed by atoms with Gasteiger partial charge in [0.1, 0.15) is 13.1 Å². The van der Waals surface area contributed by atoms with Crippen molar-refractivity contribution >= 4 is 17.8 Å². The van der Waals surface area contributed by atoms with Crippen molar-refractivity contribution in [1.82, 2.24) is 15.1 Å². The van der Waals surface area contributed by atoms with Crippen LogP contribution in [0.5, 0.6) is 0 Å². The summed E-state index contributed by atoms with van der Waals surface area (Å²) in [5, 5.41) is 2.72. The van der Waals surface area contributed by atoms with Gasteiger partial charge in [0.2, 0.25) is 5.91 Å². The van der Waals surface area contributed by atoms with Crippen molar-refractivity contribution in [3.05, 3.63) is 35.9 Å². The summed E-state index contributed by atoms with van der Waals surface area (Å²) in [6.07, 6.45) is 1.90.